The van der Waals surface area contributed by atoms with Crippen LogP contribution in [0, 0.1) is 19.8 Å². The summed E-state index contributed by atoms with van der Waals surface area (Å²) >= 11 is 0. The molecule has 1 aromatic rings. The molecule has 2 atom stereocenters. The maximum absolute atomic E-state index is 11.7. The molecule has 0 radical (unpaired) electrons. The van der Waals surface area contributed by atoms with E-state index in [-0.39, 0.29) is 30.1 Å². The molecule has 9 heteroatoms. The standard InChI is InChI=1S/C20H32N4O3S.HI/c1-15-5-6-18(16(2)11-15)19-14-23(9-10-27-19)20(21-3)22-12-17-7-8-24(13-17)28(4,25)26;/h5-6,11,17,19H,7-10,12-14H2,1-4H3,(H,21,22);1H. The zero-order valence-electron chi connectivity index (χ0n) is 17.7. The third-order valence-corrected chi connectivity index (χ3v) is 6.89. The van der Waals surface area contributed by atoms with Gasteiger partial charge in [-0.25, -0.2) is 12.7 Å². The SMILES string of the molecule is CN=C(NCC1CCN(S(C)(=O)=O)C1)N1CCOC(c2ccc(C)cc2C)C1.I. The van der Waals surface area contributed by atoms with E-state index in [2.05, 4.69) is 47.3 Å². The minimum absolute atomic E-state index is 0. The summed E-state index contributed by atoms with van der Waals surface area (Å²) in [6.45, 7) is 8.35. The van der Waals surface area contributed by atoms with Gasteiger partial charge in [0, 0.05) is 33.2 Å². The van der Waals surface area contributed by atoms with Crippen LogP contribution in [0.5, 0.6) is 0 Å². The maximum atomic E-state index is 11.7. The third-order valence-electron chi connectivity index (χ3n) is 5.62. The van der Waals surface area contributed by atoms with Crippen LogP contribution in [0.2, 0.25) is 0 Å². The number of rotatable bonds is 4. The second-order valence-electron chi connectivity index (χ2n) is 7.87. The van der Waals surface area contributed by atoms with Crippen molar-refractivity contribution in [3.05, 3.63) is 34.9 Å². The summed E-state index contributed by atoms with van der Waals surface area (Å²) < 4.78 is 31.0. The fourth-order valence-corrected chi connectivity index (χ4v) is 4.97. The molecule has 0 saturated carbocycles. The number of hydrogen-bond acceptors (Lipinski definition) is 4. The predicted octanol–water partition coefficient (Wildman–Crippen LogP) is 2.15. The van der Waals surface area contributed by atoms with E-state index >= 15 is 0 Å². The van der Waals surface area contributed by atoms with Crippen LogP contribution in [0.3, 0.4) is 0 Å². The number of aryl methyl sites for hydroxylation is 2. The molecule has 1 aromatic carbocycles. The summed E-state index contributed by atoms with van der Waals surface area (Å²) in [6.07, 6.45) is 2.19. The highest BCUT2D eigenvalue weighted by Gasteiger charge is 2.30. The summed E-state index contributed by atoms with van der Waals surface area (Å²) in [5, 5.41) is 3.45. The Morgan fingerprint density at radius 1 is 1.28 bits per heavy atom. The molecule has 0 aromatic heterocycles. The van der Waals surface area contributed by atoms with Crippen LogP contribution >= 0.6 is 24.0 Å². The lowest BCUT2D eigenvalue weighted by molar-refractivity contribution is -0.00836. The Balaban J connectivity index is 0.00000300. The van der Waals surface area contributed by atoms with Crippen molar-refractivity contribution in [2.45, 2.75) is 26.4 Å². The Morgan fingerprint density at radius 2 is 2.03 bits per heavy atom. The number of morpholine rings is 1. The van der Waals surface area contributed by atoms with E-state index in [9.17, 15) is 8.42 Å². The number of nitrogens with zero attached hydrogens (tertiary/aromatic N) is 3. The summed E-state index contributed by atoms with van der Waals surface area (Å²) in [7, 11) is -1.30. The molecule has 2 heterocycles. The van der Waals surface area contributed by atoms with Crippen molar-refractivity contribution in [2.24, 2.45) is 10.9 Å². The Labute approximate surface area is 192 Å². The van der Waals surface area contributed by atoms with Gasteiger partial charge < -0.3 is 15.0 Å². The minimum atomic E-state index is -3.10. The van der Waals surface area contributed by atoms with E-state index in [1.807, 2.05) is 0 Å². The molecule has 0 amide bonds. The Bertz CT molecular complexity index is 831. The van der Waals surface area contributed by atoms with Gasteiger partial charge in [0.1, 0.15) is 6.10 Å². The van der Waals surface area contributed by atoms with Gasteiger partial charge in [0.2, 0.25) is 10.0 Å². The molecule has 2 fully saturated rings. The van der Waals surface area contributed by atoms with Gasteiger partial charge in [-0.05, 0) is 37.3 Å². The van der Waals surface area contributed by atoms with Gasteiger partial charge in [-0.1, -0.05) is 23.8 Å². The predicted molar refractivity (Wildman–Crippen MR) is 127 cm³/mol. The number of nitrogens with one attached hydrogen (secondary N) is 1. The van der Waals surface area contributed by atoms with Crippen LogP contribution in [0.15, 0.2) is 23.2 Å². The Hall–Kier alpha value is -0.910. The quantitative estimate of drug-likeness (QED) is 0.363. The maximum Gasteiger partial charge on any atom is 0.211 e. The van der Waals surface area contributed by atoms with Gasteiger partial charge >= 0.3 is 0 Å². The number of aliphatic imine (C=N–C) groups is 1. The first-order valence-electron chi connectivity index (χ1n) is 9.87. The topological polar surface area (TPSA) is 74.2 Å². The lowest BCUT2D eigenvalue weighted by Gasteiger charge is -2.36. The fraction of sp³-hybridized carbons (Fsp3) is 0.650. The highest BCUT2D eigenvalue weighted by atomic mass is 127. The van der Waals surface area contributed by atoms with E-state index in [1.54, 1.807) is 11.4 Å². The number of sulfonamides is 1. The van der Waals surface area contributed by atoms with E-state index < -0.39 is 10.0 Å². The number of benzene rings is 1. The molecule has 2 saturated heterocycles. The van der Waals surface area contributed by atoms with E-state index in [0.29, 0.717) is 25.6 Å². The molecule has 29 heavy (non-hydrogen) atoms. The van der Waals surface area contributed by atoms with Crippen LogP contribution in [0.25, 0.3) is 0 Å². The van der Waals surface area contributed by atoms with Crippen molar-refractivity contribution in [1.82, 2.24) is 14.5 Å². The lowest BCUT2D eigenvalue weighted by atomic mass is 10.00. The van der Waals surface area contributed by atoms with Gasteiger partial charge in [-0.2, -0.15) is 0 Å². The highest BCUT2D eigenvalue weighted by Crippen LogP contribution is 2.26. The normalized spacial score (nSPS) is 23.7. The molecule has 1 N–H and O–H groups in total. The number of hydrogen-bond donors (Lipinski definition) is 1. The Morgan fingerprint density at radius 3 is 2.66 bits per heavy atom. The largest absolute Gasteiger partial charge is 0.370 e. The molecule has 2 aliphatic rings. The summed E-state index contributed by atoms with van der Waals surface area (Å²) in [4.78, 5) is 6.68. The van der Waals surface area contributed by atoms with Gasteiger partial charge in [0.05, 0.1) is 19.4 Å². The third kappa shape index (κ3) is 6.28. The monoisotopic (exact) mass is 536 g/mol. The molecule has 164 valence electrons. The average molecular weight is 536 g/mol. The van der Waals surface area contributed by atoms with E-state index in [0.717, 1.165) is 32.0 Å². The molecule has 3 rings (SSSR count). The molecular weight excluding hydrogens is 503 g/mol. The molecule has 0 spiro atoms. The smallest absolute Gasteiger partial charge is 0.211 e. The fourth-order valence-electron chi connectivity index (χ4n) is 4.05. The zero-order valence-corrected chi connectivity index (χ0v) is 20.9. The van der Waals surface area contributed by atoms with E-state index in [4.69, 9.17) is 4.74 Å². The van der Waals surface area contributed by atoms with Gasteiger partial charge in [0.25, 0.3) is 0 Å². The number of halogens is 1. The summed E-state index contributed by atoms with van der Waals surface area (Å²) in [5.41, 5.74) is 3.73. The Kier molecular flexibility index (Phi) is 8.74. The van der Waals surface area contributed by atoms with Crippen molar-refractivity contribution in [2.75, 3.05) is 52.6 Å². The van der Waals surface area contributed by atoms with E-state index in [1.165, 1.54) is 22.9 Å². The van der Waals surface area contributed by atoms with Crippen LogP contribution in [0.1, 0.15) is 29.2 Å². The highest BCUT2D eigenvalue weighted by molar-refractivity contribution is 14.0. The number of ether oxygens (including phenoxy) is 1. The first-order chi connectivity index (χ1) is 13.3. The van der Waals surface area contributed by atoms with Gasteiger partial charge in [0.15, 0.2) is 5.96 Å². The van der Waals surface area contributed by atoms with Crippen molar-refractivity contribution in [3.8, 4) is 0 Å². The summed E-state index contributed by atoms with van der Waals surface area (Å²) in [6, 6.07) is 6.48. The molecule has 2 unspecified atom stereocenters. The second-order valence-corrected chi connectivity index (χ2v) is 9.85. The van der Waals surface area contributed by atoms with Crippen LogP contribution in [0.4, 0.5) is 0 Å². The summed E-state index contributed by atoms with van der Waals surface area (Å²) in [5.74, 6) is 1.17. The second kappa shape index (κ2) is 10.4. The lowest BCUT2D eigenvalue weighted by Crippen LogP contribution is -2.49. The van der Waals surface area contributed by atoms with Gasteiger partial charge in [-0.15, -0.1) is 24.0 Å². The number of guanidine groups is 1. The molecule has 0 aliphatic carbocycles. The molecule has 0 bridgehead atoms. The van der Waals surface area contributed by atoms with Crippen molar-refractivity contribution in [3.63, 3.8) is 0 Å². The van der Waals surface area contributed by atoms with Crippen molar-refractivity contribution >= 4 is 40.0 Å². The zero-order chi connectivity index (χ0) is 20.3. The minimum Gasteiger partial charge on any atom is -0.370 e. The molecule has 7 nitrogen and oxygen atoms in total. The molecule has 2 aliphatic heterocycles. The van der Waals surface area contributed by atoms with Crippen LogP contribution in [-0.4, -0.2) is 76.2 Å². The van der Waals surface area contributed by atoms with Crippen LogP contribution in [-0.2, 0) is 14.8 Å². The first-order valence-corrected chi connectivity index (χ1v) is 11.7. The van der Waals surface area contributed by atoms with Crippen molar-refractivity contribution in [1.29, 1.82) is 0 Å². The molecular formula is C20H33IN4O3S. The van der Waals surface area contributed by atoms with Crippen LogP contribution < -0.4 is 5.32 Å². The first kappa shape index (κ1) is 24.4. The van der Waals surface area contributed by atoms with Crippen molar-refractivity contribution < 1.29 is 13.2 Å². The van der Waals surface area contributed by atoms with Gasteiger partial charge in [-0.3, -0.25) is 4.99 Å². The average Bonchev–Trinajstić information content (AvgIpc) is 3.12.